The van der Waals surface area contributed by atoms with Gasteiger partial charge in [0.1, 0.15) is 11.6 Å². The Hall–Kier alpha value is -2.13. The lowest BCUT2D eigenvalue weighted by Gasteiger charge is -2.23. The summed E-state index contributed by atoms with van der Waals surface area (Å²) in [6.07, 6.45) is 6.77. The number of aryl methyl sites for hydroxylation is 2. The Kier molecular flexibility index (Phi) is 3.75. The highest BCUT2D eigenvalue weighted by atomic mass is 32.1. The molecule has 3 rings (SSSR count). The van der Waals surface area contributed by atoms with Crippen molar-refractivity contribution in [2.75, 3.05) is 5.43 Å². The second-order valence-corrected chi connectivity index (χ2v) is 6.48. The van der Waals surface area contributed by atoms with E-state index in [1.54, 1.807) is 13.0 Å². The molecule has 114 valence electrons. The van der Waals surface area contributed by atoms with Crippen LogP contribution < -0.4 is 16.3 Å². The molecule has 22 heavy (non-hydrogen) atoms. The van der Waals surface area contributed by atoms with Gasteiger partial charge in [-0.3, -0.25) is 10.2 Å². The first-order valence-corrected chi connectivity index (χ1v) is 7.79. The predicted octanol–water partition coefficient (Wildman–Crippen LogP) is 1.72. The number of fused-ring (bicyclic) bond motifs is 2. The first kappa shape index (κ1) is 14.8. The van der Waals surface area contributed by atoms with Crippen LogP contribution >= 0.6 is 12.2 Å². The van der Waals surface area contributed by atoms with Crippen molar-refractivity contribution >= 4 is 17.3 Å². The molecule has 0 amide bonds. The fraction of sp³-hybridized carbons (Fsp3) is 0.438. The lowest BCUT2D eigenvalue weighted by atomic mass is 10.0. The van der Waals surface area contributed by atoms with E-state index < -0.39 is 0 Å². The van der Waals surface area contributed by atoms with E-state index in [1.165, 1.54) is 11.1 Å². The number of thiocarbonyl (C=S) groups is 1. The van der Waals surface area contributed by atoms with Crippen LogP contribution in [0.25, 0.3) is 0 Å². The van der Waals surface area contributed by atoms with Crippen molar-refractivity contribution in [3.05, 3.63) is 45.4 Å². The van der Waals surface area contributed by atoms with Gasteiger partial charge in [-0.25, -0.2) is 4.68 Å². The van der Waals surface area contributed by atoms with Gasteiger partial charge in [-0.05, 0) is 62.4 Å². The molecule has 0 spiro atoms. The minimum absolute atomic E-state index is 0.142. The Morgan fingerprint density at radius 1 is 1.41 bits per heavy atom. The molecule has 2 bridgehead atoms. The average molecular weight is 314 g/mol. The first-order valence-electron chi connectivity index (χ1n) is 7.39. The van der Waals surface area contributed by atoms with Crippen LogP contribution in [0.2, 0.25) is 0 Å². The summed E-state index contributed by atoms with van der Waals surface area (Å²) in [4.78, 5) is 12.3. The fourth-order valence-electron chi connectivity index (χ4n) is 3.41. The molecule has 2 N–H and O–H groups in total. The molecule has 2 aliphatic carbocycles. The van der Waals surface area contributed by atoms with Crippen molar-refractivity contribution in [1.82, 2.24) is 9.99 Å². The fourth-order valence-corrected chi connectivity index (χ4v) is 3.66. The number of hydrogen-bond donors (Lipinski definition) is 2. The quantitative estimate of drug-likeness (QED) is 0.642. The second-order valence-electron chi connectivity index (χ2n) is 6.07. The lowest BCUT2D eigenvalue weighted by molar-refractivity contribution is 0.524. The molecule has 1 aromatic rings. The number of pyridine rings is 1. The van der Waals surface area contributed by atoms with Crippen LogP contribution in [0.15, 0.2) is 23.0 Å². The highest BCUT2D eigenvalue weighted by Crippen LogP contribution is 2.38. The molecule has 1 fully saturated rings. The smallest absolute Gasteiger partial charge is 0.287 e. The second kappa shape index (κ2) is 5.58. The summed E-state index contributed by atoms with van der Waals surface area (Å²) in [5, 5.41) is 12.8. The molecule has 0 aliphatic heterocycles. The third-order valence-corrected chi connectivity index (χ3v) is 4.72. The number of allylic oxidation sites excluding steroid dienone is 1. The van der Waals surface area contributed by atoms with E-state index in [1.807, 2.05) is 13.0 Å². The van der Waals surface area contributed by atoms with Crippen molar-refractivity contribution in [3.8, 4) is 6.07 Å². The molecule has 0 saturated heterocycles. The zero-order valence-electron chi connectivity index (χ0n) is 12.6. The Morgan fingerprint density at radius 2 is 2.18 bits per heavy atom. The average Bonchev–Trinajstić information content (AvgIpc) is 3.06. The lowest BCUT2D eigenvalue weighted by Crippen LogP contribution is -2.46. The summed E-state index contributed by atoms with van der Waals surface area (Å²) in [6.45, 7) is 3.57. The van der Waals surface area contributed by atoms with Crippen LogP contribution in [0.1, 0.15) is 29.7 Å². The molecule has 5 nitrogen and oxygen atoms in total. The molecule has 2 aliphatic rings. The van der Waals surface area contributed by atoms with Crippen LogP contribution in [0, 0.1) is 37.0 Å². The van der Waals surface area contributed by atoms with E-state index in [-0.39, 0.29) is 11.1 Å². The van der Waals surface area contributed by atoms with Gasteiger partial charge in [0, 0.05) is 11.7 Å². The van der Waals surface area contributed by atoms with E-state index in [0.717, 1.165) is 12.1 Å². The molecule has 1 aromatic heterocycles. The summed E-state index contributed by atoms with van der Waals surface area (Å²) >= 11 is 5.33. The van der Waals surface area contributed by atoms with E-state index >= 15 is 0 Å². The van der Waals surface area contributed by atoms with E-state index in [0.29, 0.717) is 28.6 Å². The van der Waals surface area contributed by atoms with Gasteiger partial charge in [-0.15, -0.1) is 0 Å². The zero-order chi connectivity index (χ0) is 15.9. The van der Waals surface area contributed by atoms with Crippen LogP contribution in [-0.2, 0) is 0 Å². The predicted molar refractivity (Wildman–Crippen MR) is 89.1 cm³/mol. The molecular weight excluding hydrogens is 296 g/mol. The number of nitrogens with zero attached hydrogens (tertiary/aromatic N) is 2. The summed E-state index contributed by atoms with van der Waals surface area (Å²) in [5.41, 5.74) is 4.10. The molecule has 1 saturated carbocycles. The molecular formula is C16H18N4OS. The number of rotatable bonds is 2. The normalized spacial score (nSPS) is 25.0. The van der Waals surface area contributed by atoms with Gasteiger partial charge >= 0.3 is 0 Å². The van der Waals surface area contributed by atoms with Crippen molar-refractivity contribution < 1.29 is 0 Å². The largest absolute Gasteiger partial charge is 0.358 e. The zero-order valence-corrected chi connectivity index (χ0v) is 13.4. The van der Waals surface area contributed by atoms with E-state index in [4.69, 9.17) is 17.5 Å². The SMILES string of the molecule is Cc1cc(C)n(NC(=S)N[C@H]2C[C@H]3C=C[C@@H]2C3)c(=O)c1C#N. The summed E-state index contributed by atoms with van der Waals surface area (Å²) < 4.78 is 1.34. The van der Waals surface area contributed by atoms with Gasteiger partial charge in [0.25, 0.3) is 5.56 Å². The molecule has 0 aromatic carbocycles. The van der Waals surface area contributed by atoms with Crippen molar-refractivity contribution in [2.45, 2.75) is 32.7 Å². The van der Waals surface area contributed by atoms with Crippen molar-refractivity contribution in [1.29, 1.82) is 5.26 Å². The third-order valence-electron chi connectivity index (χ3n) is 4.51. The Balaban J connectivity index is 1.76. The monoisotopic (exact) mass is 314 g/mol. The number of nitrogens with one attached hydrogen (secondary N) is 2. The van der Waals surface area contributed by atoms with Crippen LogP contribution in [0.5, 0.6) is 0 Å². The molecule has 0 unspecified atom stereocenters. The molecule has 3 atom stereocenters. The van der Waals surface area contributed by atoms with Crippen LogP contribution in [0.3, 0.4) is 0 Å². The molecule has 6 heteroatoms. The first-order chi connectivity index (χ1) is 10.5. The highest BCUT2D eigenvalue weighted by Gasteiger charge is 2.35. The highest BCUT2D eigenvalue weighted by molar-refractivity contribution is 7.80. The van der Waals surface area contributed by atoms with E-state index in [2.05, 4.69) is 22.9 Å². The van der Waals surface area contributed by atoms with Crippen LogP contribution in [-0.4, -0.2) is 15.8 Å². The Bertz CT molecular complexity index is 759. The standard InChI is InChI=1S/C16H18N4OS/c1-9-5-10(2)20(15(21)13(9)8-17)19-16(22)18-14-7-11-3-4-12(14)6-11/h3-5,11-12,14H,6-7H2,1-2H3,(H2,18,19,22)/t11-,12+,14-/m0/s1. The third kappa shape index (κ3) is 2.53. The Morgan fingerprint density at radius 3 is 2.77 bits per heavy atom. The number of aromatic nitrogens is 1. The van der Waals surface area contributed by atoms with Gasteiger partial charge in [-0.1, -0.05) is 12.2 Å². The number of nitriles is 1. The Labute approximate surface area is 134 Å². The van der Waals surface area contributed by atoms with Gasteiger partial charge < -0.3 is 5.32 Å². The molecule has 1 heterocycles. The van der Waals surface area contributed by atoms with Gasteiger partial charge in [-0.2, -0.15) is 5.26 Å². The maximum atomic E-state index is 12.3. The summed E-state index contributed by atoms with van der Waals surface area (Å²) in [5.74, 6) is 1.18. The van der Waals surface area contributed by atoms with Crippen molar-refractivity contribution in [2.24, 2.45) is 11.8 Å². The minimum Gasteiger partial charge on any atom is -0.358 e. The van der Waals surface area contributed by atoms with Crippen LogP contribution in [0.4, 0.5) is 0 Å². The maximum absolute atomic E-state index is 12.3. The topological polar surface area (TPSA) is 69.8 Å². The minimum atomic E-state index is -0.364. The van der Waals surface area contributed by atoms with Gasteiger partial charge in [0.05, 0.1) is 0 Å². The van der Waals surface area contributed by atoms with Gasteiger partial charge in [0.15, 0.2) is 5.11 Å². The van der Waals surface area contributed by atoms with Crippen molar-refractivity contribution in [3.63, 3.8) is 0 Å². The summed E-state index contributed by atoms with van der Waals surface area (Å²) in [7, 11) is 0. The maximum Gasteiger partial charge on any atom is 0.287 e. The number of hydrogen-bond acceptors (Lipinski definition) is 3. The van der Waals surface area contributed by atoms with E-state index in [9.17, 15) is 4.79 Å². The summed E-state index contributed by atoms with van der Waals surface area (Å²) in [6, 6.07) is 4.08. The molecule has 0 radical (unpaired) electrons. The van der Waals surface area contributed by atoms with Gasteiger partial charge in [0.2, 0.25) is 0 Å².